The van der Waals surface area contributed by atoms with Gasteiger partial charge in [0.1, 0.15) is 0 Å². The lowest BCUT2D eigenvalue weighted by atomic mass is 10.1. The molecule has 2 rings (SSSR count). The molecule has 0 fully saturated rings. The first-order valence-corrected chi connectivity index (χ1v) is 7.73. The summed E-state index contributed by atoms with van der Waals surface area (Å²) < 4.78 is 0. The third kappa shape index (κ3) is 4.03. The fourth-order valence-electron chi connectivity index (χ4n) is 1.85. The molecule has 1 aromatic heterocycles. The van der Waals surface area contributed by atoms with Crippen LogP contribution < -0.4 is 5.32 Å². The van der Waals surface area contributed by atoms with E-state index in [0.717, 1.165) is 11.6 Å². The summed E-state index contributed by atoms with van der Waals surface area (Å²) in [4.78, 5) is 22.1. The Morgan fingerprint density at radius 3 is 2.86 bits per heavy atom. The fourth-order valence-corrected chi connectivity index (χ4v) is 2.76. The molecule has 0 bridgehead atoms. The molecule has 1 amide bonds. The maximum atomic E-state index is 12.0. The van der Waals surface area contributed by atoms with Crippen LogP contribution in [-0.2, 0) is 0 Å². The first-order chi connectivity index (χ1) is 10.5. The van der Waals surface area contributed by atoms with E-state index < -0.39 is 16.9 Å². The van der Waals surface area contributed by atoms with Crippen molar-refractivity contribution >= 4 is 34.5 Å². The van der Waals surface area contributed by atoms with Crippen LogP contribution in [0.2, 0.25) is 5.02 Å². The molecule has 6 nitrogen and oxygen atoms in total. The van der Waals surface area contributed by atoms with Crippen molar-refractivity contribution < 1.29 is 14.8 Å². The number of carbonyl (C=O) groups excluding carboxylic acids is 1. The van der Waals surface area contributed by atoms with Crippen LogP contribution in [0.15, 0.2) is 35.0 Å². The predicted octanol–water partition coefficient (Wildman–Crippen LogP) is 3.16. The second kappa shape index (κ2) is 7.35. The van der Waals surface area contributed by atoms with E-state index >= 15 is 0 Å². The number of aliphatic hydroxyl groups excluding tert-OH is 1. The molecular formula is C14H13ClN2O4S. The van der Waals surface area contributed by atoms with E-state index in [1.165, 1.54) is 23.5 Å². The van der Waals surface area contributed by atoms with Gasteiger partial charge in [-0.1, -0.05) is 11.6 Å². The number of hydrogen-bond donors (Lipinski definition) is 2. The number of amides is 1. The van der Waals surface area contributed by atoms with Crippen LogP contribution >= 0.6 is 22.9 Å². The lowest BCUT2D eigenvalue weighted by Crippen LogP contribution is -2.26. The minimum Gasteiger partial charge on any atom is -0.388 e. The number of nitrogens with one attached hydrogen (secondary N) is 1. The first-order valence-electron chi connectivity index (χ1n) is 6.41. The summed E-state index contributed by atoms with van der Waals surface area (Å²) in [5.74, 6) is -0.508. The zero-order chi connectivity index (χ0) is 16.1. The predicted molar refractivity (Wildman–Crippen MR) is 84.3 cm³/mol. The van der Waals surface area contributed by atoms with Gasteiger partial charge in [0, 0.05) is 18.7 Å². The maximum absolute atomic E-state index is 12.0. The summed E-state index contributed by atoms with van der Waals surface area (Å²) in [7, 11) is 0. The quantitative estimate of drug-likeness (QED) is 0.624. The van der Waals surface area contributed by atoms with Crippen LogP contribution in [0.1, 0.15) is 28.4 Å². The van der Waals surface area contributed by atoms with Crippen LogP contribution in [0.4, 0.5) is 5.69 Å². The molecule has 1 heterocycles. The molecule has 1 unspecified atom stereocenters. The molecule has 0 saturated carbocycles. The summed E-state index contributed by atoms with van der Waals surface area (Å²) >= 11 is 7.37. The molecule has 0 radical (unpaired) electrons. The lowest BCUT2D eigenvalue weighted by Gasteiger charge is -2.10. The van der Waals surface area contributed by atoms with Gasteiger partial charge < -0.3 is 10.4 Å². The Morgan fingerprint density at radius 1 is 1.45 bits per heavy atom. The van der Waals surface area contributed by atoms with E-state index in [1.807, 2.05) is 16.8 Å². The van der Waals surface area contributed by atoms with E-state index in [0.29, 0.717) is 6.42 Å². The Hall–Kier alpha value is -1.96. The van der Waals surface area contributed by atoms with Crippen molar-refractivity contribution in [2.24, 2.45) is 0 Å². The molecule has 0 spiro atoms. The average molecular weight is 341 g/mol. The van der Waals surface area contributed by atoms with Crippen molar-refractivity contribution in [2.45, 2.75) is 12.5 Å². The monoisotopic (exact) mass is 340 g/mol. The van der Waals surface area contributed by atoms with Gasteiger partial charge in [0.25, 0.3) is 11.6 Å². The van der Waals surface area contributed by atoms with E-state index in [4.69, 9.17) is 11.6 Å². The van der Waals surface area contributed by atoms with E-state index in [2.05, 4.69) is 5.32 Å². The Kier molecular flexibility index (Phi) is 5.48. The number of nitrogens with zero attached hydrogens (tertiary/aromatic N) is 1. The highest BCUT2D eigenvalue weighted by Crippen LogP contribution is 2.22. The molecule has 22 heavy (non-hydrogen) atoms. The Morgan fingerprint density at radius 2 is 2.23 bits per heavy atom. The maximum Gasteiger partial charge on any atom is 0.270 e. The molecule has 0 aliphatic heterocycles. The second-order valence-electron chi connectivity index (χ2n) is 4.54. The summed E-state index contributed by atoms with van der Waals surface area (Å²) in [6.45, 7) is 0.231. The van der Waals surface area contributed by atoms with Crippen molar-refractivity contribution in [1.29, 1.82) is 0 Å². The molecule has 1 atom stereocenters. The van der Waals surface area contributed by atoms with Crippen LogP contribution in [0.25, 0.3) is 0 Å². The molecule has 2 aromatic rings. The normalized spacial score (nSPS) is 11.9. The number of hydrogen-bond acceptors (Lipinski definition) is 5. The zero-order valence-corrected chi connectivity index (χ0v) is 12.9. The molecule has 2 N–H and O–H groups in total. The number of benzene rings is 1. The Balaban J connectivity index is 1.95. The number of non-ortho nitro benzene ring substituents is 1. The molecular weight excluding hydrogens is 328 g/mol. The SMILES string of the molecule is O=C(NCCC(O)c1ccsc1)c1cc([N+](=O)[O-])ccc1Cl. The molecule has 1 aromatic carbocycles. The minimum absolute atomic E-state index is 0.0425. The average Bonchev–Trinajstić information content (AvgIpc) is 3.01. The van der Waals surface area contributed by atoms with Gasteiger partial charge in [-0.05, 0) is 34.9 Å². The standard InChI is InChI=1S/C14H13ClN2O4S/c15-12-2-1-10(17(20)21)7-11(12)14(19)16-5-3-13(18)9-4-6-22-8-9/h1-2,4,6-8,13,18H,3,5H2,(H,16,19). The summed E-state index contributed by atoms with van der Waals surface area (Å²) in [5.41, 5.74) is 0.640. The highest BCUT2D eigenvalue weighted by Gasteiger charge is 2.16. The van der Waals surface area contributed by atoms with Crippen LogP contribution in [0, 0.1) is 10.1 Å². The summed E-state index contributed by atoms with van der Waals surface area (Å²) in [6.07, 6.45) is -0.318. The highest BCUT2D eigenvalue weighted by molar-refractivity contribution is 7.07. The smallest absolute Gasteiger partial charge is 0.270 e. The molecule has 8 heteroatoms. The lowest BCUT2D eigenvalue weighted by molar-refractivity contribution is -0.384. The van der Waals surface area contributed by atoms with Crippen molar-refractivity contribution in [1.82, 2.24) is 5.32 Å². The van der Waals surface area contributed by atoms with Crippen LogP contribution in [0.3, 0.4) is 0 Å². The van der Waals surface area contributed by atoms with Gasteiger partial charge in [0.15, 0.2) is 0 Å². The number of carbonyl (C=O) groups is 1. The number of thiophene rings is 1. The minimum atomic E-state index is -0.660. The van der Waals surface area contributed by atoms with Crippen LogP contribution in [-0.4, -0.2) is 22.5 Å². The highest BCUT2D eigenvalue weighted by atomic mass is 35.5. The van der Waals surface area contributed by atoms with Gasteiger partial charge in [-0.25, -0.2) is 0 Å². The Bertz CT molecular complexity index is 675. The van der Waals surface area contributed by atoms with Crippen LogP contribution in [0.5, 0.6) is 0 Å². The third-order valence-electron chi connectivity index (χ3n) is 3.04. The molecule has 0 aliphatic rings. The van der Waals surface area contributed by atoms with E-state index in [-0.39, 0.29) is 22.8 Å². The van der Waals surface area contributed by atoms with Crippen molar-refractivity contribution in [3.63, 3.8) is 0 Å². The van der Waals surface area contributed by atoms with Gasteiger partial charge in [0.2, 0.25) is 0 Å². The van der Waals surface area contributed by atoms with Crippen molar-refractivity contribution in [3.8, 4) is 0 Å². The number of aliphatic hydroxyl groups is 1. The second-order valence-corrected chi connectivity index (χ2v) is 5.73. The van der Waals surface area contributed by atoms with Crippen molar-refractivity contribution in [3.05, 3.63) is 61.3 Å². The first kappa shape index (κ1) is 16.4. The number of nitro benzene ring substituents is 1. The van der Waals surface area contributed by atoms with E-state index in [9.17, 15) is 20.0 Å². The molecule has 116 valence electrons. The van der Waals surface area contributed by atoms with Gasteiger partial charge in [0.05, 0.1) is 21.6 Å². The molecule has 0 aliphatic carbocycles. The summed E-state index contributed by atoms with van der Waals surface area (Å²) in [5, 5.41) is 27.1. The van der Waals surface area contributed by atoms with Gasteiger partial charge in [-0.2, -0.15) is 11.3 Å². The number of halogens is 1. The van der Waals surface area contributed by atoms with Gasteiger partial charge in [-0.3, -0.25) is 14.9 Å². The van der Waals surface area contributed by atoms with Gasteiger partial charge >= 0.3 is 0 Å². The largest absolute Gasteiger partial charge is 0.388 e. The zero-order valence-electron chi connectivity index (χ0n) is 11.4. The topological polar surface area (TPSA) is 92.5 Å². The third-order valence-corrected chi connectivity index (χ3v) is 4.07. The van der Waals surface area contributed by atoms with Crippen molar-refractivity contribution in [2.75, 3.05) is 6.54 Å². The number of rotatable bonds is 6. The van der Waals surface area contributed by atoms with Gasteiger partial charge in [-0.15, -0.1) is 0 Å². The van der Waals surface area contributed by atoms with E-state index in [1.54, 1.807) is 0 Å². The molecule has 0 saturated heterocycles. The fraction of sp³-hybridized carbons (Fsp3) is 0.214. The number of nitro groups is 1. The Labute approximate surface area is 135 Å². The summed E-state index contributed by atoms with van der Waals surface area (Å²) in [6, 6.07) is 5.50.